The van der Waals surface area contributed by atoms with Crippen molar-refractivity contribution in [1.82, 2.24) is 9.80 Å². The monoisotopic (exact) mass is 248 g/mol. The number of rotatable bonds is 3. The molecule has 1 aliphatic rings. The van der Waals surface area contributed by atoms with Crippen molar-refractivity contribution in [3.8, 4) is 0 Å². The molecule has 1 saturated heterocycles. The van der Waals surface area contributed by atoms with E-state index >= 15 is 0 Å². The number of carbonyl (C=O) groups excluding carboxylic acids is 1. The second-order valence-corrected chi connectivity index (χ2v) is 4.56. The molecule has 1 unspecified atom stereocenters. The molecule has 1 N–H and O–H groups in total. The summed E-state index contributed by atoms with van der Waals surface area (Å²) in [6.45, 7) is 0.995. The summed E-state index contributed by atoms with van der Waals surface area (Å²) >= 11 is 0. The maximum Gasteiger partial charge on any atom is 0.327 e. The first-order valence-electron chi connectivity index (χ1n) is 5.82. The predicted molar refractivity (Wildman–Crippen MR) is 65.9 cm³/mol. The fourth-order valence-corrected chi connectivity index (χ4v) is 2.14. The van der Waals surface area contributed by atoms with Gasteiger partial charge in [-0.15, -0.1) is 0 Å². The van der Waals surface area contributed by atoms with Crippen LogP contribution in [0.3, 0.4) is 0 Å². The Morgan fingerprint density at radius 2 is 2.06 bits per heavy atom. The summed E-state index contributed by atoms with van der Waals surface area (Å²) in [5, 5.41) is 9.20. The smallest absolute Gasteiger partial charge is 0.327 e. The third-order valence-electron chi connectivity index (χ3n) is 3.07. The van der Waals surface area contributed by atoms with Gasteiger partial charge in [-0.2, -0.15) is 0 Å². The predicted octanol–water partition coefficient (Wildman–Crippen LogP) is 0.414. The van der Waals surface area contributed by atoms with Crippen LogP contribution in [0.2, 0.25) is 0 Å². The van der Waals surface area contributed by atoms with E-state index in [1.165, 1.54) is 4.90 Å². The van der Waals surface area contributed by atoms with Gasteiger partial charge >= 0.3 is 5.97 Å². The normalized spacial score (nSPS) is 21.1. The van der Waals surface area contributed by atoms with Gasteiger partial charge in [0.2, 0.25) is 5.91 Å². The van der Waals surface area contributed by atoms with Crippen LogP contribution in [-0.2, 0) is 16.1 Å². The lowest BCUT2D eigenvalue weighted by molar-refractivity contribution is -0.156. The number of benzene rings is 1. The van der Waals surface area contributed by atoms with Crippen LogP contribution >= 0.6 is 0 Å². The number of nitrogens with zero attached hydrogens (tertiary/aromatic N) is 2. The van der Waals surface area contributed by atoms with Crippen LogP contribution in [0, 0.1) is 0 Å². The van der Waals surface area contributed by atoms with E-state index in [9.17, 15) is 14.7 Å². The van der Waals surface area contributed by atoms with Crippen LogP contribution in [0.15, 0.2) is 30.3 Å². The first kappa shape index (κ1) is 12.6. The SMILES string of the molecule is CN1CC(=O)N(Cc2ccccc2)C(C(=O)O)C1. The van der Waals surface area contributed by atoms with E-state index in [1.54, 1.807) is 11.9 Å². The molecule has 0 spiro atoms. The van der Waals surface area contributed by atoms with Gasteiger partial charge in [0.15, 0.2) is 0 Å². The molecule has 1 heterocycles. The third kappa shape index (κ3) is 2.68. The molecular formula is C13H16N2O3. The summed E-state index contributed by atoms with van der Waals surface area (Å²) in [4.78, 5) is 26.4. The van der Waals surface area contributed by atoms with Crippen molar-refractivity contribution in [2.45, 2.75) is 12.6 Å². The number of likely N-dealkylation sites (N-methyl/N-ethyl adjacent to an activating group) is 1. The lowest BCUT2D eigenvalue weighted by Gasteiger charge is -2.37. The molecule has 1 aromatic carbocycles. The Balaban J connectivity index is 2.17. The van der Waals surface area contributed by atoms with Crippen molar-refractivity contribution in [2.75, 3.05) is 20.1 Å². The van der Waals surface area contributed by atoms with Gasteiger partial charge in [-0.05, 0) is 12.6 Å². The van der Waals surface area contributed by atoms with Crippen molar-refractivity contribution in [3.63, 3.8) is 0 Å². The molecule has 0 aliphatic carbocycles. The highest BCUT2D eigenvalue weighted by Gasteiger charge is 2.35. The zero-order chi connectivity index (χ0) is 13.1. The fourth-order valence-electron chi connectivity index (χ4n) is 2.14. The molecule has 1 fully saturated rings. The molecule has 0 saturated carbocycles. The van der Waals surface area contributed by atoms with Crippen LogP contribution in [0.4, 0.5) is 0 Å². The first-order chi connectivity index (χ1) is 8.58. The van der Waals surface area contributed by atoms with Crippen molar-refractivity contribution in [1.29, 1.82) is 0 Å². The highest BCUT2D eigenvalue weighted by atomic mass is 16.4. The number of carboxylic acids is 1. The van der Waals surface area contributed by atoms with Crippen molar-refractivity contribution < 1.29 is 14.7 Å². The molecule has 1 amide bonds. The van der Waals surface area contributed by atoms with Gasteiger partial charge in [-0.1, -0.05) is 30.3 Å². The van der Waals surface area contributed by atoms with E-state index < -0.39 is 12.0 Å². The van der Waals surface area contributed by atoms with Crippen molar-refractivity contribution in [2.24, 2.45) is 0 Å². The van der Waals surface area contributed by atoms with E-state index in [0.717, 1.165) is 5.56 Å². The van der Waals surface area contributed by atoms with Crippen LogP contribution in [0.1, 0.15) is 5.56 Å². The zero-order valence-electron chi connectivity index (χ0n) is 10.2. The maximum absolute atomic E-state index is 11.9. The second-order valence-electron chi connectivity index (χ2n) is 4.56. The number of hydrogen-bond acceptors (Lipinski definition) is 3. The van der Waals surface area contributed by atoms with Gasteiger partial charge in [0, 0.05) is 13.1 Å². The summed E-state index contributed by atoms with van der Waals surface area (Å²) < 4.78 is 0. The Morgan fingerprint density at radius 3 is 2.67 bits per heavy atom. The van der Waals surface area contributed by atoms with Gasteiger partial charge < -0.3 is 10.0 Å². The van der Waals surface area contributed by atoms with E-state index in [4.69, 9.17) is 0 Å². The minimum Gasteiger partial charge on any atom is -0.480 e. The number of carbonyl (C=O) groups is 2. The van der Waals surface area contributed by atoms with E-state index in [0.29, 0.717) is 13.1 Å². The van der Waals surface area contributed by atoms with Crippen molar-refractivity contribution >= 4 is 11.9 Å². The van der Waals surface area contributed by atoms with Crippen molar-refractivity contribution in [3.05, 3.63) is 35.9 Å². The molecule has 1 aliphatic heterocycles. The van der Waals surface area contributed by atoms with Gasteiger partial charge in [-0.3, -0.25) is 9.69 Å². The number of hydrogen-bond donors (Lipinski definition) is 1. The van der Waals surface area contributed by atoms with E-state index in [-0.39, 0.29) is 12.5 Å². The topological polar surface area (TPSA) is 60.9 Å². The highest BCUT2D eigenvalue weighted by molar-refractivity contribution is 5.86. The third-order valence-corrected chi connectivity index (χ3v) is 3.07. The number of aliphatic carboxylic acids is 1. The molecular weight excluding hydrogens is 232 g/mol. The van der Waals surface area contributed by atoms with Crippen LogP contribution in [0.5, 0.6) is 0 Å². The molecule has 96 valence electrons. The number of piperazine rings is 1. The molecule has 18 heavy (non-hydrogen) atoms. The second kappa shape index (κ2) is 5.18. The molecule has 0 radical (unpaired) electrons. The Bertz CT molecular complexity index is 447. The molecule has 5 heteroatoms. The summed E-state index contributed by atoms with van der Waals surface area (Å²) in [6, 6.07) is 8.67. The molecule has 0 aromatic heterocycles. The molecule has 0 bridgehead atoms. The largest absolute Gasteiger partial charge is 0.480 e. The quantitative estimate of drug-likeness (QED) is 0.842. The Morgan fingerprint density at radius 1 is 1.39 bits per heavy atom. The molecule has 5 nitrogen and oxygen atoms in total. The van der Waals surface area contributed by atoms with Crippen LogP contribution < -0.4 is 0 Å². The zero-order valence-corrected chi connectivity index (χ0v) is 10.2. The Hall–Kier alpha value is -1.88. The summed E-state index contributed by atoms with van der Waals surface area (Å²) in [7, 11) is 1.76. The lowest BCUT2D eigenvalue weighted by atomic mass is 10.1. The van der Waals surface area contributed by atoms with E-state index in [2.05, 4.69) is 0 Å². The van der Waals surface area contributed by atoms with Gasteiger partial charge in [0.25, 0.3) is 0 Å². The average molecular weight is 248 g/mol. The molecule has 2 rings (SSSR count). The summed E-state index contributed by atoms with van der Waals surface area (Å²) in [5.74, 6) is -1.09. The van der Waals surface area contributed by atoms with Crippen LogP contribution in [0.25, 0.3) is 0 Å². The minimum absolute atomic E-state index is 0.139. The van der Waals surface area contributed by atoms with Crippen LogP contribution in [-0.4, -0.2) is 53.0 Å². The highest BCUT2D eigenvalue weighted by Crippen LogP contribution is 2.14. The fraction of sp³-hybridized carbons (Fsp3) is 0.385. The standard InChI is InChI=1S/C13H16N2O3/c1-14-8-11(13(17)18)15(12(16)9-14)7-10-5-3-2-4-6-10/h2-6,11H,7-9H2,1H3,(H,17,18). The lowest BCUT2D eigenvalue weighted by Crippen LogP contribution is -2.57. The van der Waals surface area contributed by atoms with E-state index in [1.807, 2.05) is 30.3 Å². The van der Waals surface area contributed by atoms with Gasteiger partial charge in [-0.25, -0.2) is 4.79 Å². The molecule has 1 atom stereocenters. The Labute approximate surface area is 106 Å². The minimum atomic E-state index is -0.953. The maximum atomic E-state index is 11.9. The summed E-state index contributed by atoms with van der Waals surface area (Å²) in [5.41, 5.74) is 0.946. The number of amides is 1. The van der Waals surface area contributed by atoms with Gasteiger partial charge in [0.05, 0.1) is 6.54 Å². The average Bonchev–Trinajstić information content (AvgIpc) is 2.33. The Kier molecular flexibility index (Phi) is 3.62. The number of carboxylic acid groups (broad SMARTS) is 1. The first-order valence-corrected chi connectivity index (χ1v) is 5.82. The van der Waals surface area contributed by atoms with Gasteiger partial charge in [0.1, 0.15) is 6.04 Å². The molecule has 1 aromatic rings. The summed E-state index contributed by atoms with van der Waals surface area (Å²) in [6.07, 6.45) is 0.